The SMILES string of the molecule is O=C(Nc1ccccc1)N[C@H](CCS(=O)(=O)O)C(=O)O. The summed E-state index contributed by atoms with van der Waals surface area (Å²) < 4.78 is 29.7. The number of carbonyl (C=O) groups excluding carboxylic acids is 1. The molecule has 9 heteroatoms. The molecule has 0 radical (unpaired) electrons. The van der Waals surface area contributed by atoms with Gasteiger partial charge in [0, 0.05) is 5.69 Å². The third-order valence-electron chi connectivity index (χ3n) is 2.30. The highest BCUT2D eigenvalue weighted by Crippen LogP contribution is 2.05. The first-order valence-electron chi connectivity index (χ1n) is 5.58. The minimum atomic E-state index is -4.28. The third kappa shape index (κ3) is 6.16. The van der Waals surface area contributed by atoms with E-state index in [0.29, 0.717) is 5.69 Å². The maximum Gasteiger partial charge on any atom is 0.326 e. The molecule has 2 amide bonds. The van der Waals surface area contributed by atoms with Gasteiger partial charge in [-0.15, -0.1) is 0 Å². The number of carboxylic acid groups (broad SMARTS) is 1. The molecule has 0 aliphatic rings. The molecule has 1 aromatic carbocycles. The summed E-state index contributed by atoms with van der Waals surface area (Å²) >= 11 is 0. The Kier molecular flexibility index (Phi) is 5.47. The van der Waals surface area contributed by atoms with E-state index in [-0.39, 0.29) is 0 Å². The number of aliphatic carboxylic acids is 1. The quantitative estimate of drug-likeness (QED) is 0.567. The van der Waals surface area contributed by atoms with Crippen molar-refractivity contribution < 1.29 is 27.7 Å². The molecular weight excluding hydrogens is 288 g/mol. The number of hydrogen-bond donors (Lipinski definition) is 4. The van der Waals surface area contributed by atoms with Gasteiger partial charge in [-0.25, -0.2) is 9.59 Å². The molecule has 0 spiro atoms. The second-order valence-corrected chi connectivity index (χ2v) is 5.50. The van der Waals surface area contributed by atoms with Gasteiger partial charge in [0.2, 0.25) is 0 Å². The topological polar surface area (TPSA) is 133 Å². The first-order valence-corrected chi connectivity index (χ1v) is 7.19. The van der Waals surface area contributed by atoms with E-state index in [0.717, 1.165) is 0 Å². The van der Waals surface area contributed by atoms with Crippen LogP contribution >= 0.6 is 0 Å². The summed E-state index contributed by atoms with van der Waals surface area (Å²) in [5.74, 6) is -2.15. The van der Waals surface area contributed by atoms with Gasteiger partial charge in [0.05, 0.1) is 5.75 Å². The van der Waals surface area contributed by atoms with Crippen LogP contribution in [0.5, 0.6) is 0 Å². The van der Waals surface area contributed by atoms with Gasteiger partial charge in [0.25, 0.3) is 10.1 Å². The predicted octanol–water partition coefficient (Wildman–Crippen LogP) is 0.539. The molecule has 0 aliphatic carbocycles. The van der Waals surface area contributed by atoms with Crippen molar-refractivity contribution >= 4 is 27.8 Å². The van der Waals surface area contributed by atoms with Gasteiger partial charge in [-0.05, 0) is 18.6 Å². The maximum atomic E-state index is 11.6. The van der Waals surface area contributed by atoms with Gasteiger partial charge in [-0.2, -0.15) is 8.42 Å². The number of carboxylic acids is 1. The van der Waals surface area contributed by atoms with Crippen molar-refractivity contribution in [1.82, 2.24) is 5.32 Å². The zero-order chi connectivity index (χ0) is 15.2. The van der Waals surface area contributed by atoms with Crippen LogP contribution in [0.1, 0.15) is 6.42 Å². The first-order chi connectivity index (χ1) is 9.28. The van der Waals surface area contributed by atoms with Crippen molar-refractivity contribution in [3.8, 4) is 0 Å². The highest BCUT2D eigenvalue weighted by molar-refractivity contribution is 7.85. The average Bonchev–Trinajstić information content (AvgIpc) is 2.34. The molecule has 1 rings (SSSR count). The van der Waals surface area contributed by atoms with Gasteiger partial charge in [-0.1, -0.05) is 18.2 Å². The summed E-state index contributed by atoms with van der Waals surface area (Å²) in [5.41, 5.74) is 0.462. The lowest BCUT2D eigenvalue weighted by molar-refractivity contribution is -0.139. The van der Waals surface area contributed by atoms with Gasteiger partial charge < -0.3 is 15.7 Å². The van der Waals surface area contributed by atoms with Crippen molar-refractivity contribution in [2.24, 2.45) is 0 Å². The highest BCUT2D eigenvalue weighted by Gasteiger charge is 2.22. The molecule has 110 valence electrons. The lowest BCUT2D eigenvalue weighted by Gasteiger charge is -2.14. The standard InChI is InChI=1S/C11H14N2O6S/c14-10(15)9(6-7-20(17,18)19)13-11(16)12-8-4-2-1-3-5-8/h1-5,9H,6-7H2,(H,14,15)(H2,12,13,16)(H,17,18,19)/t9-/m1/s1. The van der Waals surface area contributed by atoms with Crippen LogP contribution in [0, 0.1) is 0 Å². The van der Waals surface area contributed by atoms with Crippen molar-refractivity contribution in [2.75, 3.05) is 11.1 Å². The van der Waals surface area contributed by atoms with Crippen LogP contribution in [0.4, 0.5) is 10.5 Å². The average molecular weight is 302 g/mol. The van der Waals surface area contributed by atoms with E-state index in [4.69, 9.17) is 9.66 Å². The molecule has 4 N–H and O–H groups in total. The Morgan fingerprint density at radius 1 is 1.20 bits per heavy atom. The fraction of sp³-hybridized carbons (Fsp3) is 0.273. The fourth-order valence-electron chi connectivity index (χ4n) is 1.37. The van der Waals surface area contributed by atoms with E-state index in [1.165, 1.54) is 0 Å². The highest BCUT2D eigenvalue weighted by atomic mass is 32.2. The Bertz CT molecular complexity index is 572. The molecule has 0 unspecified atom stereocenters. The van der Waals surface area contributed by atoms with Gasteiger partial charge in [0.1, 0.15) is 6.04 Å². The first kappa shape index (κ1) is 15.9. The molecule has 1 aromatic rings. The van der Waals surface area contributed by atoms with Gasteiger partial charge in [-0.3, -0.25) is 4.55 Å². The van der Waals surface area contributed by atoms with Crippen LogP contribution in [0.2, 0.25) is 0 Å². The van der Waals surface area contributed by atoms with Crippen LogP contribution in [0.3, 0.4) is 0 Å². The summed E-state index contributed by atoms with van der Waals surface area (Å²) in [7, 11) is -4.28. The summed E-state index contributed by atoms with van der Waals surface area (Å²) in [4.78, 5) is 22.4. The second-order valence-electron chi connectivity index (χ2n) is 3.93. The number of benzene rings is 1. The van der Waals surface area contributed by atoms with E-state index < -0.39 is 40.3 Å². The summed E-state index contributed by atoms with van der Waals surface area (Å²) in [6, 6.07) is 6.13. The smallest absolute Gasteiger partial charge is 0.326 e. The zero-order valence-electron chi connectivity index (χ0n) is 10.3. The second kappa shape index (κ2) is 6.87. The number of anilines is 1. The molecule has 8 nitrogen and oxygen atoms in total. The van der Waals surface area contributed by atoms with Crippen LogP contribution in [-0.2, 0) is 14.9 Å². The van der Waals surface area contributed by atoms with Gasteiger partial charge in [0.15, 0.2) is 0 Å². The Morgan fingerprint density at radius 2 is 1.80 bits per heavy atom. The van der Waals surface area contributed by atoms with E-state index in [1.807, 2.05) is 0 Å². The van der Waals surface area contributed by atoms with Crippen molar-refractivity contribution in [2.45, 2.75) is 12.5 Å². The molecule has 0 fully saturated rings. The summed E-state index contributed by atoms with van der Waals surface area (Å²) in [6.45, 7) is 0. The van der Waals surface area contributed by atoms with Gasteiger partial charge >= 0.3 is 12.0 Å². The van der Waals surface area contributed by atoms with Crippen LogP contribution < -0.4 is 10.6 Å². The normalized spacial score (nSPS) is 12.4. The number of amides is 2. The van der Waals surface area contributed by atoms with Crippen LogP contribution in [0.15, 0.2) is 30.3 Å². The van der Waals surface area contributed by atoms with E-state index >= 15 is 0 Å². The Labute approximate surface area is 115 Å². The molecule has 0 aliphatic heterocycles. The minimum Gasteiger partial charge on any atom is -0.480 e. The Morgan fingerprint density at radius 3 is 2.30 bits per heavy atom. The summed E-state index contributed by atoms with van der Waals surface area (Å²) in [5, 5.41) is 13.4. The van der Waals surface area contributed by atoms with E-state index in [1.54, 1.807) is 30.3 Å². The molecule has 0 bridgehead atoms. The van der Waals surface area contributed by atoms with Crippen molar-refractivity contribution in [3.63, 3.8) is 0 Å². The number of urea groups is 1. The molecule has 0 aromatic heterocycles. The van der Waals surface area contributed by atoms with E-state index in [9.17, 15) is 18.0 Å². The lowest BCUT2D eigenvalue weighted by Crippen LogP contribution is -2.43. The van der Waals surface area contributed by atoms with Crippen LogP contribution in [-0.4, -0.2) is 41.9 Å². The number of carbonyl (C=O) groups is 2. The zero-order valence-corrected chi connectivity index (χ0v) is 11.1. The van der Waals surface area contributed by atoms with E-state index in [2.05, 4.69) is 10.6 Å². The molecule has 0 heterocycles. The molecule has 0 saturated heterocycles. The third-order valence-corrected chi connectivity index (χ3v) is 3.05. The number of hydrogen-bond acceptors (Lipinski definition) is 4. The molecule has 1 atom stereocenters. The minimum absolute atomic E-state index is 0.434. The number of nitrogens with one attached hydrogen (secondary N) is 2. The predicted molar refractivity (Wildman–Crippen MR) is 71.1 cm³/mol. The van der Waals surface area contributed by atoms with Crippen LogP contribution in [0.25, 0.3) is 0 Å². The summed E-state index contributed by atoms with van der Waals surface area (Å²) in [6.07, 6.45) is -0.434. The largest absolute Gasteiger partial charge is 0.480 e. The number of rotatable bonds is 6. The maximum absolute atomic E-state index is 11.6. The Hall–Kier alpha value is -2.13. The molecular formula is C11H14N2O6S. The molecule has 0 saturated carbocycles. The molecule has 20 heavy (non-hydrogen) atoms. The Balaban J connectivity index is 2.57. The monoisotopic (exact) mass is 302 g/mol. The fourth-order valence-corrected chi connectivity index (χ4v) is 1.90. The number of para-hydroxylation sites is 1. The van der Waals surface area contributed by atoms with Crippen molar-refractivity contribution in [1.29, 1.82) is 0 Å². The lowest BCUT2D eigenvalue weighted by atomic mass is 10.2. The van der Waals surface area contributed by atoms with Crippen molar-refractivity contribution in [3.05, 3.63) is 30.3 Å².